The zero-order valence-electron chi connectivity index (χ0n) is 12.0. The third-order valence-corrected chi connectivity index (χ3v) is 2.55. The summed E-state index contributed by atoms with van der Waals surface area (Å²) in [6, 6.07) is 4.11. The Labute approximate surface area is 122 Å². The van der Waals surface area contributed by atoms with E-state index in [0.29, 0.717) is 6.54 Å². The number of hydrogen-bond acceptors (Lipinski definition) is 6. The van der Waals surface area contributed by atoms with Crippen molar-refractivity contribution in [3.63, 3.8) is 0 Å². The van der Waals surface area contributed by atoms with Gasteiger partial charge in [0, 0.05) is 13.5 Å². The van der Waals surface area contributed by atoms with Crippen LogP contribution in [0.2, 0.25) is 0 Å². The first-order valence-corrected chi connectivity index (χ1v) is 6.51. The first-order valence-electron chi connectivity index (χ1n) is 6.51. The van der Waals surface area contributed by atoms with Gasteiger partial charge in [0.25, 0.3) is 5.69 Å². The fourth-order valence-corrected chi connectivity index (χ4v) is 1.61. The molecule has 0 saturated carbocycles. The number of hydrogen-bond donors (Lipinski definition) is 3. The van der Waals surface area contributed by atoms with Gasteiger partial charge in [0.2, 0.25) is 5.91 Å². The summed E-state index contributed by atoms with van der Waals surface area (Å²) in [7, 11) is 0. The second kappa shape index (κ2) is 8.18. The van der Waals surface area contributed by atoms with E-state index >= 15 is 0 Å². The molecule has 1 unspecified atom stereocenters. The SMILES string of the molecule is CCNCC(O)COc1ccc(NC(C)=O)c([N+](=O)[O-])c1. The molecular weight excluding hydrogens is 278 g/mol. The highest BCUT2D eigenvalue weighted by Gasteiger charge is 2.16. The van der Waals surface area contributed by atoms with Crippen LogP contribution in [0, 0.1) is 10.1 Å². The normalized spacial score (nSPS) is 11.8. The number of nitrogens with one attached hydrogen (secondary N) is 2. The minimum atomic E-state index is -0.709. The molecule has 1 aromatic rings. The smallest absolute Gasteiger partial charge is 0.296 e. The number of nitrogens with zero attached hydrogens (tertiary/aromatic N) is 1. The highest BCUT2D eigenvalue weighted by Crippen LogP contribution is 2.29. The predicted molar refractivity (Wildman–Crippen MR) is 77.4 cm³/mol. The summed E-state index contributed by atoms with van der Waals surface area (Å²) in [6.45, 7) is 4.31. The third-order valence-electron chi connectivity index (χ3n) is 2.55. The maximum Gasteiger partial charge on any atom is 0.296 e. The number of carbonyl (C=O) groups excluding carboxylic acids is 1. The Hall–Kier alpha value is -2.19. The molecule has 116 valence electrons. The van der Waals surface area contributed by atoms with E-state index in [9.17, 15) is 20.0 Å². The number of ether oxygens (including phenoxy) is 1. The Balaban J connectivity index is 2.74. The van der Waals surface area contributed by atoms with E-state index in [0.717, 1.165) is 6.54 Å². The van der Waals surface area contributed by atoms with E-state index < -0.39 is 16.9 Å². The van der Waals surface area contributed by atoms with Gasteiger partial charge in [0.05, 0.1) is 11.0 Å². The molecule has 21 heavy (non-hydrogen) atoms. The molecular formula is C13H19N3O5. The fraction of sp³-hybridized carbons (Fsp3) is 0.462. The van der Waals surface area contributed by atoms with Crippen molar-refractivity contribution in [3.05, 3.63) is 28.3 Å². The lowest BCUT2D eigenvalue weighted by Crippen LogP contribution is -2.31. The van der Waals surface area contributed by atoms with Crippen molar-refractivity contribution in [1.29, 1.82) is 0 Å². The van der Waals surface area contributed by atoms with Crippen LogP contribution in [-0.4, -0.2) is 41.7 Å². The summed E-state index contributed by atoms with van der Waals surface area (Å²) in [6.07, 6.45) is -0.709. The van der Waals surface area contributed by atoms with Crippen LogP contribution < -0.4 is 15.4 Å². The van der Waals surface area contributed by atoms with Gasteiger partial charge < -0.3 is 20.5 Å². The summed E-state index contributed by atoms with van der Waals surface area (Å²) < 4.78 is 5.31. The zero-order valence-corrected chi connectivity index (χ0v) is 12.0. The Kier molecular flexibility index (Phi) is 6.57. The standard InChI is InChI=1S/C13H19N3O5/c1-3-14-7-10(18)8-21-11-4-5-12(15-9(2)17)13(6-11)16(19)20/h4-6,10,14,18H,3,7-8H2,1-2H3,(H,15,17). The predicted octanol–water partition coefficient (Wildman–Crippen LogP) is 0.902. The number of nitro benzene ring substituents is 1. The number of aliphatic hydroxyl groups is 1. The molecule has 0 bridgehead atoms. The minimum absolute atomic E-state index is 0.0175. The first kappa shape index (κ1) is 16.9. The van der Waals surface area contributed by atoms with Crippen molar-refractivity contribution in [3.8, 4) is 5.75 Å². The lowest BCUT2D eigenvalue weighted by Gasteiger charge is -2.13. The largest absolute Gasteiger partial charge is 0.491 e. The van der Waals surface area contributed by atoms with Crippen LogP contribution in [0.3, 0.4) is 0 Å². The fourth-order valence-electron chi connectivity index (χ4n) is 1.61. The molecule has 1 rings (SSSR count). The van der Waals surface area contributed by atoms with E-state index in [4.69, 9.17) is 4.74 Å². The molecule has 1 aromatic carbocycles. The third kappa shape index (κ3) is 5.76. The summed E-state index contributed by atoms with van der Waals surface area (Å²) >= 11 is 0. The highest BCUT2D eigenvalue weighted by atomic mass is 16.6. The van der Waals surface area contributed by atoms with Crippen LogP contribution in [0.4, 0.5) is 11.4 Å². The van der Waals surface area contributed by atoms with E-state index in [1.807, 2.05) is 6.92 Å². The first-order chi connectivity index (χ1) is 9.93. The van der Waals surface area contributed by atoms with Gasteiger partial charge in [0.15, 0.2) is 0 Å². The van der Waals surface area contributed by atoms with Gasteiger partial charge in [0.1, 0.15) is 24.1 Å². The van der Waals surface area contributed by atoms with E-state index in [1.54, 1.807) is 0 Å². The van der Waals surface area contributed by atoms with Crippen molar-refractivity contribution in [1.82, 2.24) is 5.32 Å². The van der Waals surface area contributed by atoms with Crippen molar-refractivity contribution >= 4 is 17.3 Å². The zero-order chi connectivity index (χ0) is 15.8. The second-order valence-electron chi connectivity index (χ2n) is 4.39. The molecule has 1 atom stereocenters. The van der Waals surface area contributed by atoms with Gasteiger partial charge in [-0.25, -0.2) is 0 Å². The summed E-state index contributed by atoms with van der Waals surface area (Å²) in [5.41, 5.74) is -0.156. The van der Waals surface area contributed by atoms with E-state index in [-0.39, 0.29) is 23.7 Å². The summed E-state index contributed by atoms with van der Waals surface area (Å²) in [4.78, 5) is 21.4. The van der Waals surface area contributed by atoms with Crippen molar-refractivity contribution in [2.75, 3.05) is 25.0 Å². The van der Waals surface area contributed by atoms with Crippen LogP contribution in [0.1, 0.15) is 13.8 Å². The molecule has 0 heterocycles. The monoisotopic (exact) mass is 297 g/mol. The van der Waals surface area contributed by atoms with Crippen LogP contribution in [0.5, 0.6) is 5.75 Å². The molecule has 0 aliphatic rings. The van der Waals surface area contributed by atoms with Gasteiger partial charge in [-0.05, 0) is 18.7 Å². The van der Waals surface area contributed by atoms with Gasteiger partial charge in [-0.3, -0.25) is 14.9 Å². The van der Waals surface area contributed by atoms with Crippen molar-refractivity contribution in [2.45, 2.75) is 20.0 Å². The topological polar surface area (TPSA) is 114 Å². The van der Waals surface area contributed by atoms with Gasteiger partial charge in [-0.1, -0.05) is 6.92 Å². The molecule has 0 spiro atoms. The molecule has 0 aliphatic carbocycles. The summed E-state index contributed by atoms with van der Waals surface area (Å²) in [5.74, 6) is -0.140. The maximum absolute atomic E-state index is 11.0. The lowest BCUT2D eigenvalue weighted by atomic mass is 10.2. The van der Waals surface area contributed by atoms with Crippen LogP contribution in [0.25, 0.3) is 0 Å². The quantitative estimate of drug-likeness (QED) is 0.485. The molecule has 0 saturated heterocycles. The highest BCUT2D eigenvalue weighted by molar-refractivity contribution is 5.91. The Morgan fingerprint density at radius 3 is 2.81 bits per heavy atom. The molecule has 0 aromatic heterocycles. The molecule has 1 amide bonds. The maximum atomic E-state index is 11.0. The van der Waals surface area contributed by atoms with Crippen molar-refractivity contribution < 1.29 is 19.6 Å². The molecule has 3 N–H and O–H groups in total. The number of benzene rings is 1. The Bertz CT molecular complexity index is 507. The molecule has 0 radical (unpaired) electrons. The van der Waals surface area contributed by atoms with E-state index in [2.05, 4.69) is 10.6 Å². The number of likely N-dealkylation sites (N-methyl/N-ethyl adjacent to an activating group) is 1. The van der Waals surface area contributed by atoms with Gasteiger partial charge >= 0.3 is 0 Å². The number of aliphatic hydroxyl groups excluding tert-OH is 1. The van der Waals surface area contributed by atoms with Crippen LogP contribution in [-0.2, 0) is 4.79 Å². The molecule has 0 aliphatic heterocycles. The molecule has 8 heteroatoms. The Morgan fingerprint density at radius 2 is 2.24 bits per heavy atom. The number of nitro groups is 1. The summed E-state index contributed by atoms with van der Waals surface area (Å²) in [5, 5.41) is 25.9. The number of carbonyl (C=O) groups is 1. The lowest BCUT2D eigenvalue weighted by molar-refractivity contribution is -0.384. The van der Waals surface area contributed by atoms with Crippen molar-refractivity contribution in [2.24, 2.45) is 0 Å². The minimum Gasteiger partial charge on any atom is -0.491 e. The van der Waals surface area contributed by atoms with Crippen LogP contribution >= 0.6 is 0 Å². The molecule has 0 fully saturated rings. The Morgan fingerprint density at radius 1 is 1.52 bits per heavy atom. The van der Waals surface area contributed by atoms with Gasteiger partial charge in [-0.15, -0.1) is 0 Å². The number of amides is 1. The number of rotatable bonds is 8. The average Bonchev–Trinajstić information content (AvgIpc) is 2.43. The average molecular weight is 297 g/mol. The van der Waals surface area contributed by atoms with Crippen LogP contribution in [0.15, 0.2) is 18.2 Å². The second-order valence-corrected chi connectivity index (χ2v) is 4.39. The number of anilines is 1. The van der Waals surface area contributed by atoms with E-state index in [1.165, 1.54) is 25.1 Å². The molecule has 8 nitrogen and oxygen atoms in total. The van der Waals surface area contributed by atoms with Gasteiger partial charge in [-0.2, -0.15) is 0 Å².